The van der Waals surface area contributed by atoms with E-state index in [0.717, 1.165) is 18.4 Å². The molecule has 1 amide bonds. The van der Waals surface area contributed by atoms with Crippen molar-refractivity contribution in [3.63, 3.8) is 0 Å². The highest BCUT2D eigenvalue weighted by molar-refractivity contribution is 5.83. The third kappa shape index (κ3) is 2.73. The molecular weight excluding hydrogens is 224 g/mol. The van der Waals surface area contributed by atoms with Crippen LogP contribution in [0.3, 0.4) is 0 Å². The topological polar surface area (TPSA) is 36.1 Å². The summed E-state index contributed by atoms with van der Waals surface area (Å²) in [5, 5.41) is 1.20. The molecule has 1 aromatic heterocycles. The first-order chi connectivity index (χ1) is 8.72. The Morgan fingerprint density at radius 3 is 2.89 bits per heavy atom. The van der Waals surface area contributed by atoms with E-state index in [2.05, 4.69) is 24.0 Å². The number of para-hydroxylation sites is 1. The van der Waals surface area contributed by atoms with Gasteiger partial charge in [0.25, 0.3) is 0 Å². The number of amides is 1. The number of H-pyrrole nitrogens is 1. The Bertz CT molecular complexity index is 530. The number of nitrogens with one attached hydrogen (secondary N) is 1. The largest absolute Gasteiger partial charge is 0.361 e. The number of carbonyl (C=O) groups is 1. The Labute approximate surface area is 108 Å². The Hall–Kier alpha value is -1.77. The van der Waals surface area contributed by atoms with Crippen LogP contribution < -0.4 is 0 Å². The molecule has 0 radical (unpaired) electrons. The lowest BCUT2D eigenvalue weighted by molar-refractivity contribution is -0.130. The average Bonchev–Trinajstić information content (AvgIpc) is 2.79. The van der Waals surface area contributed by atoms with Gasteiger partial charge in [0.15, 0.2) is 0 Å². The van der Waals surface area contributed by atoms with Crippen molar-refractivity contribution in [2.24, 2.45) is 0 Å². The molecule has 2 rings (SSSR count). The maximum Gasteiger partial charge on any atom is 0.222 e. The smallest absolute Gasteiger partial charge is 0.222 e. The SMILES string of the molecule is CCCCC(=O)N(C)Cc1c[nH]c2ccccc12. The molecule has 0 saturated heterocycles. The van der Waals surface area contributed by atoms with Crippen molar-refractivity contribution in [3.8, 4) is 0 Å². The van der Waals surface area contributed by atoms with Crippen molar-refractivity contribution in [3.05, 3.63) is 36.0 Å². The second kappa shape index (κ2) is 5.71. The van der Waals surface area contributed by atoms with Crippen LogP contribution in [0.25, 0.3) is 10.9 Å². The third-order valence-corrected chi connectivity index (χ3v) is 3.25. The van der Waals surface area contributed by atoms with Gasteiger partial charge in [0.1, 0.15) is 0 Å². The number of unbranched alkanes of at least 4 members (excludes halogenated alkanes) is 1. The molecule has 0 aliphatic carbocycles. The number of fused-ring (bicyclic) bond motifs is 1. The number of hydrogen-bond acceptors (Lipinski definition) is 1. The van der Waals surface area contributed by atoms with Crippen LogP contribution in [0.2, 0.25) is 0 Å². The minimum absolute atomic E-state index is 0.224. The van der Waals surface area contributed by atoms with E-state index in [-0.39, 0.29) is 5.91 Å². The Morgan fingerprint density at radius 1 is 1.33 bits per heavy atom. The fourth-order valence-electron chi connectivity index (χ4n) is 2.12. The molecule has 0 saturated carbocycles. The summed E-state index contributed by atoms with van der Waals surface area (Å²) in [6, 6.07) is 8.18. The maximum atomic E-state index is 11.9. The molecular formula is C15H20N2O. The highest BCUT2D eigenvalue weighted by Crippen LogP contribution is 2.19. The van der Waals surface area contributed by atoms with Crippen molar-refractivity contribution in [2.75, 3.05) is 7.05 Å². The quantitative estimate of drug-likeness (QED) is 0.860. The molecule has 1 aromatic carbocycles. The molecule has 0 aliphatic rings. The zero-order valence-electron chi connectivity index (χ0n) is 11.1. The first kappa shape index (κ1) is 12.7. The van der Waals surface area contributed by atoms with Gasteiger partial charge in [0, 0.05) is 37.1 Å². The van der Waals surface area contributed by atoms with Crippen LogP contribution in [0, 0.1) is 0 Å². The van der Waals surface area contributed by atoms with Gasteiger partial charge in [-0.1, -0.05) is 31.5 Å². The van der Waals surface area contributed by atoms with Crippen LogP contribution in [0.5, 0.6) is 0 Å². The number of aromatic amines is 1. The summed E-state index contributed by atoms with van der Waals surface area (Å²) in [4.78, 5) is 16.9. The highest BCUT2D eigenvalue weighted by Gasteiger charge is 2.11. The molecule has 96 valence electrons. The number of benzene rings is 1. The van der Waals surface area contributed by atoms with Gasteiger partial charge in [0.2, 0.25) is 5.91 Å². The summed E-state index contributed by atoms with van der Waals surface area (Å²) in [5.74, 6) is 0.224. The number of nitrogens with zero attached hydrogens (tertiary/aromatic N) is 1. The van der Waals surface area contributed by atoms with E-state index in [0.29, 0.717) is 13.0 Å². The summed E-state index contributed by atoms with van der Waals surface area (Å²) in [7, 11) is 1.87. The maximum absolute atomic E-state index is 11.9. The van der Waals surface area contributed by atoms with Gasteiger partial charge in [-0.25, -0.2) is 0 Å². The molecule has 0 spiro atoms. The lowest BCUT2D eigenvalue weighted by atomic mass is 10.1. The van der Waals surface area contributed by atoms with Crippen molar-refractivity contribution in [1.29, 1.82) is 0 Å². The third-order valence-electron chi connectivity index (χ3n) is 3.25. The Balaban J connectivity index is 2.07. The minimum Gasteiger partial charge on any atom is -0.361 e. The van der Waals surface area contributed by atoms with Gasteiger partial charge in [-0.3, -0.25) is 4.79 Å². The van der Waals surface area contributed by atoms with Gasteiger partial charge >= 0.3 is 0 Å². The van der Waals surface area contributed by atoms with Crippen LogP contribution in [0.15, 0.2) is 30.5 Å². The number of carbonyl (C=O) groups excluding carboxylic acids is 1. The van der Waals surface area contributed by atoms with Crippen LogP contribution in [-0.4, -0.2) is 22.8 Å². The fourth-order valence-corrected chi connectivity index (χ4v) is 2.12. The van der Waals surface area contributed by atoms with Crippen molar-refractivity contribution in [2.45, 2.75) is 32.7 Å². The average molecular weight is 244 g/mol. The van der Waals surface area contributed by atoms with Gasteiger partial charge in [-0.05, 0) is 18.1 Å². The lowest BCUT2D eigenvalue weighted by Crippen LogP contribution is -2.25. The number of hydrogen-bond donors (Lipinski definition) is 1. The summed E-state index contributed by atoms with van der Waals surface area (Å²) in [5.41, 5.74) is 2.31. The molecule has 0 aliphatic heterocycles. The summed E-state index contributed by atoms with van der Waals surface area (Å²) in [6.45, 7) is 2.78. The first-order valence-corrected chi connectivity index (χ1v) is 6.51. The van der Waals surface area contributed by atoms with Crippen LogP contribution >= 0.6 is 0 Å². The molecule has 3 heteroatoms. The van der Waals surface area contributed by atoms with E-state index in [9.17, 15) is 4.79 Å². The fraction of sp³-hybridized carbons (Fsp3) is 0.400. The molecule has 1 heterocycles. The molecule has 3 nitrogen and oxygen atoms in total. The standard InChI is InChI=1S/C15H20N2O/c1-3-4-9-15(18)17(2)11-12-10-16-14-8-6-5-7-13(12)14/h5-8,10,16H,3-4,9,11H2,1-2H3. The van der Waals surface area contributed by atoms with Gasteiger partial charge in [-0.15, -0.1) is 0 Å². The molecule has 0 bridgehead atoms. The van der Waals surface area contributed by atoms with E-state index in [4.69, 9.17) is 0 Å². The van der Waals surface area contributed by atoms with Gasteiger partial charge in [-0.2, -0.15) is 0 Å². The zero-order chi connectivity index (χ0) is 13.0. The van der Waals surface area contributed by atoms with Crippen molar-refractivity contribution < 1.29 is 4.79 Å². The predicted octanol–water partition coefficient (Wildman–Crippen LogP) is 3.32. The first-order valence-electron chi connectivity index (χ1n) is 6.51. The second-order valence-electron chi connectivity index (χ2n) is 4.71. The van der Waals surface area contributed by atoms with E-state index >= 15 is 0 Å². The van der Waals surface area contributed by atoms with Crippen molar-refractivity contribution in [1.82, 2.24) is 9.88 Å². The number of aromatic nitrogens is 1. The van der Waals surface area contributed by atoms with Crippen molar-refractivity contribution >= 4 is 16.8 Å². The molecule has 0 atom stereocenters. The highest BCUT2D eigenvalue weighted by atomic mass is 16.2. The van der Waals surface area contributed by atoms with E-state index < -0.39 is 0 Å². The normalized spacial score (nSPS) is 10.8. The minimum atomic E-state index is 0.224. The summed E-state index contributed by atoms with van der Waals surface area (Å²) < 4.78 is 0. The monoisotopic (exact) mass is 244 g/mol. The lowest BCUT2D eigenvalue weighted by Gasteiger charge is -2.16. The van der Waals surface area contributed by atoms with Gasteiger partial charge < -0.3 is 9.88 Å². The van der Waals surface area contributed by atoms with Crippen LogP contribution in [0.1, 0.15) is 31.7 Å². The van der Waals surface area contributed by atoms with E-state index in [1.165, 1.54) is 10.9 Å². The Morgan fingerprint density at radius 2 is 2.11 bits per heavy atom. The van der Waals surface area contributed by atoms with E-state index in [1.54, 1.807) is 0 Å². The zero-order valence-corrected chi connectivity index (χ0v) is 11.1. The van der Waals surface area contributed by atoms with E-state index in [1.807, 2.05) is 30.3 Å². The summed E-state index contributed by atoms with van der Waals surface area (Å²) in [6.07, 6.45) is 4.67. The molecule has 18 heavy (non-hydrogen) atoms. The van der Waals surface area contributed by atoms with Crippen LogP contribution in [0.4, 0.5) is 0 Å². The summed E-state index contributed by atoms with van der Waals surface area (Å²) >= 11 is 0. The Kier molecular flexibility index (Phi) is 4.03. The second-order valence-corrected chi connectivity index (χ2v) is 4.71. The molecule has 0 fully saturated rings. The number of rotatable bonds is 5. The molecule has 1 N–H and O–H groups in total. The molecule has 0 unspecified atom stereocenters. The molecule has 2 aromatic rings. The van der Waals surface area contributed by atoms with Gasteiger partial charge in [0.05, 0.1) is 0 Å². The van der Waals surface area contributed by atoms with Crippen LogP contribution in [-0.2, 0) is 11.3 Å². The predicted molar refractivity (Wildman–Crippen MR) is 74.3 cm³/mol.